The molecule has 1 nitrogen and oxygen atoms in total. The van der Waals surface area contributed by atoms with Gasteiger partial charge in [-0.05, 0) is 32.1 Å². The maximum atomic E-state index is 10.1. The summed E-state index contributed by atoms with van der Waals surface area (Å²) in [7, 11) is 0. The SMILES string of the molecule is CCC(C)CC1(O)CC=C(C)C1. The Morgan fingerprint density at radius 1 is 1.67 bits per heavy atom. The number of aliphatic hydroxyl groups is 1. The zero-order valence-corrected chi connectivity index (χ0v) is 8.43. The van der Waals surface area contributed by atoms with Crippen LogP contribution in [0, 0.1) is 5.92 Å². The van der Waals surface area contributed by atoms with Crippen LogP contribution in [0.2, 0.25) is 0 Å². The van der Waals surface area contributed by atoms with E-state index in [1.807, 2.05) is 0 Å². The molecule has 0 spiro atoms. The summed E-state index contributed by atoms with van der Waals surface area (Å²) in [4.78, 5) is 0. The third kappa shape index (κ3) is 2.34. The predicted octanol–water partition coefficient (Wildman–Crippen LogP) is 2.89. The molecule has 0 radical (unpaired) electrons. The van der Waals surface area contributed by atoms with Gasteiger partial charge >= 0.3 is 0 Å². The van der Waals surface area contributed by atoms with E-state index in [2.05, 4.69) is 26.8 Å². The summed E-state index contributed by atoms with van der Waals surface area (Å²) < 4.78 is 0. The topological polar surface area (TPSA) is 20.2 Å². The Morgan fingerprint density at radius 2 is 2.33 bits per heavy atom. The van der Waals surface area contributed by atoms with Gasteiger partial charge in [0.05, 0.1) is 5.60 Å². The van der Waals surface area contributed by atoms with Crippen LogP contribution in [-0.4, -0.2) is 10.7 Å². The molecule has 0 aromatic rings. The lowest BCUT2D eigenvalue weighted by atomic mass is 9.87. The molecule has 0 bridgehead atoms. The highest BCUT2D eigenvalue weighted by Crippen LogP contribution is 2.34. The second-order valence-electron chi connectivity index (χ2n) is 4.37. The zero-order valence-electron chi connectivity index (χ0n) is 8.43. The van der Waals surface area contributed by atoms with Gasteiger partial charge in [-0.1, -0.05) is 31.9 Å². The van der Waals surface area contributed by atoms with E-state index in [-0.39, 0.29) is 0 Å². The summed E-state index contributed by atoms with van der Waals surface area (Å²) in [6, 6.07) is 0. The molecular formula is C11H20O. The lowest BCUT2D eigenvalue weighted by molar-refractivity contribution is 0.0283. The molecule has 1 aliphatic rings. The first-order chi connectivity index (χ1) is 5.56. The molecule has 0 aromatic heterocycles. The van der Waals surface area contributed by atoms with E-state index in [9.17, 15) is 5.11 Å². The van der Waals surface area contributed by atoms with Crippen molar-refractivity contribution in [3.8, 4) is 0 Å². The van der Waals surface area contributed by atoms with Crippen LogP contribution in [0.5, 0.6) is 0 Å². The summed E-state index contributed by atoms with van der Waals surface area (Å²) in [5, 5.41) is 10.1. The first-order valence-corrected chi connectivity index (χ1v) is 4.94. The molecule has 0 aromatic carbocycles. The van der Waals surface area contributed by atoms with Crippen LogP contribution in [-0.2, 0) is 0 Å². The van der Waals surface area contributed by atoms with E-state index < -0.39 is 5.60 Å². The highest BCUT2D eigenvalue weighted by atomic mass is 16.3. The zero-order chi connectivity index (χ0) is 9.19. The second kappa shape index (κ2) is 3.61. The van der Waals surface area contributed by atoms with Crippen LogP contribution in [0.1, 0.15) is 46.5 Å². The van der Waals surface area contributed by atoms with Crippen molar-refractivity contribution in [2.75, 3.05) is 0 Å². The summed E-state index contributed by atoms with van der Waals surface area (Å²) in [5.41, 5.74) is 0.945. The van der Waals surface area contributed by atoms with Gasteiger partial charge in [0, 0.05) is 0 Å². The molecule has 0 saturated heterocycles. The molecule has 0 heterocycles. The summed E-state index contributed by atoms with van der Waals surface area (Å²) in [6.45, 7) is 6.50. The quantitative estimate of drug-likeness (QED) is 0.642. The Morgan fingerprint density at radius 3 is 2.75 bits per heavy atom. The molecule has 0 amide bonds. The average molecular weight is 168 g/mol. The van der Waals surface area contributed by atoms with Gasteiger partial charge in [0.2, 0.25) is 0 Å². The molecule has 0 fully saturated rings. The Hall–Kier alpha value is -0.300. The summed E-state index contributed by atoms with van der Waals surface area (Å²) in [5.74, 6) is 0.648. The standard InChI is InChI=1S/C11H20O/c1-4-9(2)7-11(12)6-5-10(3)8-11/h5,9,12H,4,6-8H2,1-3H3. The smallest absolute Gasteiger partial charge is 0.0721 e. The van der Waals surface area contributed by atoms with Crippen molar-refractivity contribution in [1.29, 1.82) is 0 Å². The fraction of sp³-hybridized carbons (Fsp3) is 0.818. The maximum absolute atomic E-state index is 10.1. The molecular weight excluding hydrogens is 148 g/mol. The molecule has 1 heteroatoms. The molecule has 0 saturated carbocycles. The fourth-order valence-corrected chi connectivity index (χ4v) is 1.98. The number of hydrogen-bond donors (Lipinski definition) is 1. The van der Waals surface area contributed by atoms with Gasteiger partial charge in [0.1, 0.15) is 0 Å². The van der Waals surface area contributed by atoms with Crippen LogP contribution in [0.3, 0.4) is 0 Å². The largest absolute Gasteiger partial charge is 0.389 e. The van der Waals surface area contributed by atoms with Crippen molar-refractivity contribution in [1.82, 2.24) is 0 Å². The summed E-state index contributed by atoms with van der Waals surface area (Å²) >= 11 is 0. The lowest BCUT2D eigenvalue weighted by Gasteiger charge is -2.25. The van der Waals surface area contributed by atoms with Crippen LogP contribution in [0.25, 0.3) is 0 Å². The first kappa shape index (κ1) is 9.79. The molecule has 70 valence electrons. The van der Waals surface area contributed by atoms with Gasteiger partial charge in [-0.3, -0.25) is 0 Å². The molecule has 0 aliphatic heterocycles. The molecule has 2 unspecified atom stereocenters. The Bertz CT molecular complexity index is 183. The third-order valence-corrected chi connectivity index (χ3v) is 2.86. The van der Waals surface area contributed by atoms with E-state index in [0.717, 1.165) is 19.3 Å². The first-order valence-electron chi connectivity index (χ1n) is 4.94. The maximum Gasteiger partial charge on any atom is 0.0721 e. The van der Waals surface area contributed by atoms with Crippen molar-refractivity contribution in [3.05, 3.63) is 11.6 Å². The van der Waals surface area contributed by atoms with E-state index in [1.165, 1.54) is 12.0 Å². The third-order valence-electron chi connectivity index (χ3n) is 2.86. The van der Waals surface area contributed by atoms with Gasteiger partial charge in [-0.15, -0.1) is 0 Å². The van der Waals surface area contributed by atoms with Crippen molar-refractivity contribution < 1.29 is 5.11 Å². The lowest BCUT2D eigenvalue weighted by Crippen LogP contribution is -2.27. The van der Waals surface area contributed by atoms with E-state index >= 15 is 0 Å². The van der Waals surface area contributed by atoms with Crippen LogP contribution in [0.15, 0.2) is 11.6 Å². The highest BCUT2D eigenvalue weighted by Gasteiger charge is 2.31. The van der Waals surface area contributed by atoms with Crippen molar-refractivity contribution in [2.45, 2.75) is 52.1 Å². The second-order valence-corrected chi connectivity index (χ2v) is 4.37. The normalized spacial score (nSPS) is 31.8. The summed E-state index contributed by atoms with van der Waals surface area (Å²) in [6.07, 6.45) is 6.04. The van der Waals surface area contributed by atoms with Crippen molar-refractivity contribution in [3.63, 3.8) is 0 Å². The van der Waals surface area contributed by atoms with Crippen molar-refractivity contribution >= 4 is 0 Å². The number of hydrogen-bond acceptors (Lipinski definition) is 1. The van der Waals surface area contributed by atoms with Gasteiger partial charge in [-0.25, -0.2) is 0 Å². The monoisotopic (exact) mass is 168 g/mol. The van der Waals surface area contributed by atoms with Gasteiger partial charge in [-0.2, -0.15) is 0 Å². The Balaban J connectivity index is 2.42. The minimum absolute atomic E-state index is 0.403. The fourth-order valence-electron chi connectivity index (χ4n) is 1.98. The van der Waals surface area contributed by atoms with E-state index in [4.69, 9.17) is 0 Å². The van der Waals surface area contributed by atoms with Crippen LogP contribution in [0.4, 0.5) is 0 Å². The highest BCUT2D eigenvalue weighted by molar-refractivity contribution is 5.13. The molecule has 1 aliphatic carbocycles. The molecule has 1 N–H and O–H groups in total. The van der Waals surface area contributed by atoms with Gasteiger partial charge in [0.15, 0.2) is 0 Å². The van der Waals surface area contributed by atoms with E-state index in [0.29, 0.717) is 5.92 Å². The van der Waals surface area contributed by atoms with Crippen LogP contribution < -0.4 is 0 Å². The van der Waals surface area contributed by atoms with Crippen LogP contribution >= 0.6 is 0 Å². The molecule has 2 atom stereocenters. The molecule has 12 heavy (non-hydrogen) atoms. The Kier molecular flexibility index (Phi) is 2.94. The van der Waals surface area contributed by atoms with Gasteiger partial charge < -0.3 is 5.11 Å². The average Bonchev–Trinajstić information content (AvgIpc) is 2.30. The van der Waals surface area contributed by atoms with Crippen molar-refractivity contribution in [2.24, 2.45) is 5.92 Å². The number of rotatable bonds is 3. The Labute approximate surface area is 75.5 Å². The minimum atomic E-state index is -0.403. The molecule has 1 rings (SSSR count). The van der Waals surface area contributed by atoms with E-state index in [1.54, 1.807) is 0 Å². The predicted molar refractivity (Wildman–Crippen MR) is 52.0 cm³/mol. The van der Waals surface area contributed by atoms with Gasteiger partial charge in [0.25, 0.3) is 0 Å². The minimum Gasteiger partial charge on any atom is -0.389 e.